The van der Waals surface area contributed by atoms with Crippen molar-refractivity contribution in [2.75, 3.05) is 17.3 Å². The van der Waals surface area contributed by atoms with Crippen LogP contribution in [0.25, 0.3) is 0 Å². The molecule has 0 unspecified atom stereocenters. The number of hydrogen-bond donors (Lipinski definition) is 1. The van der Waals surface area contributed by atoms with E-state index in [0.29, 0.717) is 5.95 Å². The zero-order chi connectivity index (χ0) is 18.2. The largest absolute Gasteiger partial charge is 0.497 e. The summed E-state index contributed by atoms with van der Waals surface area (Å²) in [7, 11) is 1.70. The second kappa shape index (κ2) is 6.39. The third-order valence-electron chi connectivity index (χ3n) is 4.99. The summed E-state index contributed by atoms with van der Waals surface area (Å²) in [4.78, 5) is 15.6. The lowest BCUT2D eigenvalue weighted by Crippen LogP contribution is -2.16. The first kappa shape index (κ1) is 15.8. The van der Waals surface area contributed by atoms with Gasteiger partial charge in [0.1, 0.15) is 11.6 Å². The van der Waals surface area contributed by atoms with Crippen molar-refractivity contribution in [2.45, 2.75) is 19.6 Å². The van der Waals surface area contributed by atoms with Crippen LogP contribution in [0, 0.1) is 0 Å². The highest BCUT2D eigenvalue weighted by Gasteiger charge is 2.21. The van der Waals surface area contributed by atoms with Gasteiger partial charge >= 0.3 is 0 Å². The maximum Gasteiger partial charge on any atom is 0.229 e. The van der Waals surface area contributed by atoms with E-state index in [-0.39, 0.29) is 0 Å². The second-order valence-electron chi connectivity index (χ2n) is 6.74. The summed E-state index contributed by atoms with van der Waals surface area (Å²) in [5, 5.41) is 3.31. The van der Waals surface area contributed by atoms with Crippen LogP contribution in [-0.4, -0.2) is 23.3 Å². The standard InChI is InChI=1S/C21H19N5O/c1-27-19-5-3-15-12-26(13-17(15)9-19)20-6-7-23-21(25-20)24-18-4-2-14-10-22-11-16(14)8-18/h2-9,11H,10,12-13H2,1H3,(H,23,24,25). The molecule has 2 aromatic carbocycles. The fourth-order valence-corrected chi connectivity index (χ4v) is 3.55. The molecule has 0 aliphatic carbocycles. The molecule has 1 aromatic heterocycles. The molecule has 0 saturated carbocycles. The number of benzene rings is 2. The van der Waals surface area contributed by atoms with Crippen molar-refractivity contribution in [3.63, 3.8) is 0 Å². The van der Waals surface area contributed by atoms with Gasteiger partial charge in [0.05, 0.1) is 13.7 Å². The summed E-state index contributed by atoms with van der Waals surface area (Å²) in [5.41, 5.74) is 5.96. The molecule has 1 N–H and O–H groups in total. The molecule has 3 aromatic rings. The third kappa shape index (κ3) is 2.99. The van der Waals surface area contributed by atoms with Gasteiger partial charge in [-0.15, -0.1) is 0 Å². The van der Waals surface area contributed by atoms with Crippen molar-refractivity contribution in [1.82, 2.24) is 9.97 Å². The molecule has 0 atom stereocenters. The van der Waals surface area contributed by atoms with Crippen molar-refractivity contribution >= 4 is 23.7 Å². The van der Waals surface area contributed by atoms with Gasteiger partial charge in [-0.25, -0.2) is 4.98 Å². The summed E-state index contributed by atoms with van der Waals surface area (Å²) in [6, 6.07) is 14.4. The normalized spacial score (nSPS) is 14.2. The van der Waals surface area contributed by atoms with Gasteiger partial charge in [0.2, 0.25) is 5.95 Å². The summed E-state index contributed by atoms with van der Waals surface area (Å²) < 4.78 is 5.33. The average molecular weight is 357 g/mol. The Morgan fingerprint density at radius 2 is 1.89 bits per heavy atom. The Bertz CT molecular complexity index is 1050. The Labute approximate surface area is 157 Å². The third-order valence-corrected chi connectivity index (χ3v) is 4.99. The fourth-order valence-electron chi connectivity index (χ4n) is 3.55. The Morgan fingerprint density at radius 1 is 1.00 bits per heavy atom. The SMILES string of the molecule is COc1ccc2c(c1)CN(c1ccnc(Nc3ccc4c(c3)C=NC4)n1)C2. The Kier molecular flexibility index (Phi) is 3.74. The molecule has 0 spiro atoms. The minimum atomic E-state index is 0.593. The molecule has 0 fully saturated rings. The molecular weight excluding hydrogens is 338 g/mol. The van der Waals surface area contributed by atoms with E-state index in [1.165, 1.54) is 16.7 Å². The van der Waals surface area contributed by atoms with Crippen LogP contribution in [0.2, 0.25) is 0 Å². The van der Waals surface area contributed by atoms with Gasteiger partial charge in [-0.3, -0.25) is 4.99 Å². The Hall–Kier alpha value is -3.41. The summed E-state index contributed by atoms with van der Waals surface area (Å²) in [5.74, 6) is 2.39. The summed E-state index contributed by atoms with van der Waals surface area (Å²) in [6.07, 6.45) is 3.70. The smallest absolute Gasteiger partial charge is 0.229 e. The van der Waals surface area contributed by atoms with Crippen molar-refractivity contribution in [3.8, 4) is 5.75 Å². The summed E-state index contributed by atoms with van der Waals surface area (Å²) >= 11 is 0. The van der Waals surface area contributed by atoms with Gasteiger partial charge in [0, 0.05) is 31.2 Å². The van der Waals surface area contributed by atoms with Crippen LogP contribution >= 0.6 is 0 Å². The number of nitrogens with one attached hydrogen (secondary N) is 1. The molecule has 134 valence electrons. The van der Waals surface area contributed by atoms with E-state index >= 15 is 0 Å². The number of aliphatic imine (C=N–C) groups is 1. The molecule has 0 saturated heterocycles. The number of rotatable bonds is 4. The lowest BCUT2D eigenvalue weighted by molar-refractivity contribution is 0.414. The van der Waals surface area contributed by atoms with Crippen molar-refractivity contribution in [2.24, 2.45) is 4.99 Å². The molecule has 6 nitrogen and oxygen atoms in total. The van der Waals surface area contributed by atoms with Gasteiger partial charge in [-0.1, -0.05) is 12.1 Å². The van der Waals surface area contributed by atoms with Crippen LogP contribution in [0.4, 0.5) is 17.5 Å². The van der Waals surface area contributed by atoms with Crippen LogP contribution in [-0.2, 0) is 19.6 Å². The predicted molar refractivity (Wildman–Crippen MR) is 106 cm³/mol. The quantitative estimate of drug-likeness (QED) is 0.772. The van der Waals surface area contributed by atoms with Crippen LogP contribution in [0.1, 0.15) is 22.3 Å². The molecule has 0 amide bonds. The monoisotopic (exact) mass is 357 g/mol. The first-order valence-corrected chi connectivity index (χ1v) is 8.92. The van der Waals surface area contributed by atoms with Gasteiger partial charge in [-0.2, -0.15) is 4.98 Å². The molecule has 6 heteroatoms. The van der Waals surface area contributed by atoms with E-state index in [2.05, 4.69) is 44.5 Å². The van der Waals surface area contributed by atoms with Gasteiger partial charge in [0.25, 0.3) is 0 Å². The fraction of sp³-hybridized carbons (Fsp3) is 0.190. The van der Waals surface area contributed by atoms with E-state index in [4.69, 9.17) is 9.72 Å². The Morgan fingerprint density at radius 3 is 2.81 bits per heavy atom. The zero-order valence-electron chi connectivity index (χ0n) is 15.0. The highest BCUT2D eigenvalue weighted by Crippen LogP contribution is 2.30. The number of nitrogens with zero attached hydrogens (tertiary/aromatic N) is 4. The van der Waals surface area contributed by atoms with Crippen molar-refractivity contribution in [3.05, 3.63) is 70.9 Å². The highest BCUT2D eigenvalue weighted by atomic mass is 16.5. The number of fused-ring (bicyclic) bond motifs is 2. The first-order chi connectivity index (χ1) is 13.3. The minimum absolute atomic E-state index is 0.593. The minimum Gasteiger partial charge on any atom is -0.497 e. The van der Waals surface area contributed by atoms with Gasteiger partial charge < -0.3 is 15.0 Å². The maximum absolute atomic E-state index is 5.33. The molecule has 5 rings (SSSR count). The number of ether oxygens (including phenoxy) is 1. The zero-order valence-corrected chi connectivity index (χ0v) is 15.0. The number of methoxy groups -OCH3 is 1. The van der Waals surface area contributed by atoms with Crippen LogP contribution in [0.15, 0.2) is 53.7 Å². The molecule has 0 radical (unpaired) electrons. The average Bonchev–Trinajstić information content (AvgIpc) is 3.33. The lowest BCUT2D eigenvalue weighted by Gasteiger charge is -2.17. The highest BCUT2D eigenvalue weighted by molar-refractivity contribution is 5.86. The second-order valence-corrected chi connectivity index (χ2v) is 6.74. The molecular formula is C21H19N5O. The number of hydrogen-bond acceptors (Lipinski definition) is 6. The number of anilines is 3. The molecule has 2 aliphatic rings. The van der Waals surface area contributed by atoms with Gasteiger partial charge in [0.15, 0.2) is 0 Å². The van der Waals surface area contributed by atoms with E-state index in [9.17, 15) is 0 Å². The Balaban J connectivity index is 1.36. The molecule has 27 heavy (non-hydrogen) atoms. The first-order valence-electron chi connectivity index (χ1n) is 8.92. The molecule has 2 aliphatic heterocycles. The van der Waals surface area contributed by atoms with Crippen LogP contribution in [0.3, 0.4) is 0 Å². The molecule has 0 bridgehead atoms. The maximum atomic E-state index is 5.33. The van der Waals surface area contributed by atoms with E-state index in [0.717, 1.165) is 42.5 Å². The van der Waals surface area contributed by atoms with E-state index < -0.39 is 0 Å². The van der Waals surface area contributed by atoms with Crippen LogP contribution < -0.4 is 15.0 Å². The van der Waals surface area contributed by atoms with Crippen LogP contribution in [0.5, 0.6) is 5.75 Å². The lowest BCUT2D eigenvalue weighted by atomic mass is 10.1. The van der Waals surface area contributed by atoms with E-state index in [1.54, 1.807) is 13.3 Å². The van der Waals surface area contributed by atoms with E-state index in [1.807, 2.05) is 24.4 Å². The van der Waals surface area contributed by atoms with Crippen molar-refractivity contribution < 1.29 is 4.74 Å². The topological polar surface area (TPSA) is 62.6 Å². The number of aromatic nitrogens is 2. The summed E-state index contributed by atoms with van der Waals surface area (Å²) in [6.45, 7) is 2.42. The molecule has 3 heterocycles. The van der Waals surface area contributed by atoms with Gasteiger partial charge in [-0.05, 0) is 52.6 Å². The predicted octanol–water partition coefficient (Wildman–Crippen LogP) is 3.68. The van der Waals surface area contributed by atoms with Crippen molar-refractivity contribution in [1.29, 1.82) is 0 Å².